The standard InChI is InChI=1S/C8H6Cl2N6O/c9-7-6(8(10)13-3-12-7)15-5(17)1-16-4-11-2-14-16/h2-4H,1H2,(H,15,17). The average Bonchev–Trinajstić information content (AvgIpc) is 2.76. The van der Waals surface area contributed by atoms with E-state index in [9.17, 15) is 4.79 Å². The van der Waals surface area contributed by atoms with Crippen molar-refractivity contribution in [3.63, 3.8) is 0 Å². The number of rotatable bonds is 3. The Morgan fingerprint density at radius 2 is 2.00 bits per heavy atom. The van der Waals surface area contributed by atoms with Crippen molar-refractivity contribution in [2.24, 2.45) is 0 Å². The molecule has 1 N–H and O–H groups in total. The summed E-state index contributed by atoms with van der Waals surface area (Å²) >= 11 is 11.5. The number of amides is 1. The SMILES string of the molecule is O=C(Cn1cncn1)Nc1c(Cl)ncnc1Cl. The van der Waals surface area contributed by atoms with Crippen LogP contribution < -0.4 is 5.32 Å². The zero-order valence-electron chi connectivity index (χ0n) is 8.34. The molecule has 7 nitrogen and oxygen atoms in total. The Labute approximate surface area is 106 Å². The minimum absolute atomic E-state index is 0.00154. The molecule has 1 amide bonds. The van der Waals surface area contributed by atoms with Crippen LogP contribution in [0.3, 0.4) is 0 Å². The lowest BCUT2D eigenvalue weighted by atomic mass is 10.5. The van der Waals surface area contributed by atoms with Gasteiger partial charge in [-0.25, -0.2) is 19.6 Å². The second kappa shape index (κ2) is 5.07. The Morgan fingerprint density at radius 3 is 2.59 bits per heavy atom. The molecule has 9 heteroatoms. The first kappa shape index (κ1) is 11.7. The van der Waals surface area contributed by atoms with Gasteiger partial charge in [0.05, 0.1) is 0 Å². The monoisotopic (exact) mass is 272 g/mol. The first-order valence-corrected chi connectivity index (χ1v) is 5.20. The molecule has 0 aromatic carbocycles. The summed E-state index contributed by atoms with van der Waals surface area (Å²) in [6.07, 6.45) is 3.96. The zero-order chi connectivity index (χ0) is 12.3. The predicted octanol–water partition coefficient (Wildman–Crippen LogP) is 1.01. The third-order valence-corrected chi connectivity index (χ3v) is 2.36. The highest BCUT2D eigenvalue weighted by atomic mass is 35.5. The van der Waals surface area contributed by atoms with Gasteiger partial charge in [0.15, 0.2) is 10.3 Å². The van der Waals surface area contributed by atoms with E-state index in [4.69, 9.17) is 23.2 Å². The van der Waals surface area contributed by atoms with Crippen LogP contribution in [0.15, 0.2) is 19.0 Å². The molecule has 0 aliphatic rings. The highest BCUT2D eigenvalue weighted by molar-refractivity contribution is 6.38. The van der Waals surface area contributed by atoms with Gasteiger partial charge in [-0.05, 0) is 0 Å². The lowest BCUT2D eigenvalue weighted by Gasteiger charge is -2.07. The Kier molecular flexibility index (Phi) is 3.50. The number of halogens is 2. The van der Waals surface area contributed by atoms with Crippen LogP contribution in [-0.2, 0) is 11.3 Å². The number of nitrogens with one attached hydrogen (secondary N) is 1. The molecule has 0 aliphatic carbocycles. The number of nitrogens with zero attached hydrogens (tertiary/aromatic N) is 5. The Bertz CT molecular complexity index is 509. The van der Waals surface area contributed by atoms with Gasteiger partial charge in [0.2, 0.25) is 5.91 Å². The summed E-state index contributed by atoms with van der Waals surface area (Å²) < 4.78 is 1.36. The third kappa shape index (κ3) is 2.89. The molecule has 2 aromatic rings. The summed E-state index contributed by atoms with van der Waals surface area (Å²) in [7, 11) is 0. The first-order chi connectivity index (χ1) is 8.16. The van der Waals surface area contributed by atoms with Crippen molar-refractivity contribution < 1.29 is 4.79 Å². The van der Waals surface area contributed by atoms with Gasteiger partial charge < -0.3 is 5.32 Å². The average molecular weight is 273 g/mol. The van der Waals surface area contributed by atoms with E-state index in [0.717, 1.165) is 0 Å². The summed E-state index contributed by atoms with van der Waals surface area (Å²) in [4.78, 5) is 22.7. The summed E-state index contributed by atoms with van der Waals surface area (Å²) in [6.45, 7) is 0.00154. The van der Waals surface area contributed by atoms with Gasteiger partial charge in [-0.3, -0.25) is 4.79 Å². The molecule has 17 heavy (non-hydrogen) atoms. The molecule has 0 spiro atoms. The van der Waals surface area contributed by atoms with Crippen molar-refractivity contribution in [1.29, 1.82) is 0 Å². The number of carbonyl (C=O) groups excluding carboxylic acids is 1. The number of hydrogen-bond donors (Lipinski definition) is 1. The molecule has 0 unspecified atom stereocenters. The quantitative estimate of drug-likeness (QED) is 0.843. The van der Waals surface area contributed by atoms with Gasteiger partial charge in [-0.15, -0.1) is 0 Å². The molecule has 88 valence electrons. The van der Waals surface area contributed by atoms with E-state index in [1.54, 1.807) is 0 Å². The second-order valence-corrected chi connectivity index (χ2v) is 3.69. The molecule has 2 heterocycles. The van der Waals surface area contributed by atoms with Crippen LogP contribution in [0.5, 0.6) is 0 Å². The van der Waals surface area contributed by atoms with Crippen LogP contribution in [0.4, 0.5) is 5.69 Å². The van der Waals surface area contributed by atoms with E-state index >= 15 is 0 Å². The molecule has 0 saturated heterocycles. The minimum atomic E-state index is -0.353. The van der Waals surface area contributed by atoms with Crippen LogP contribution >= 0.6 is 23.2 Å². The van der Waals surface area contributed by atoms with Crippen molar-refractivity contribution in [2.75, 3.05) is 5.32 Å². The Hall–Kier alpha value is -1.73. The Balaban J connectivity index is 2.08. The van der Waals surface area contributed by atoms with E-state index in [0.29, 0.717) is 0 Å². The molecule has 0 radical (unpaired) electrons. The number of aromatic nitrogens is 5. The maximum atomic E-state index is 11.6. The fraction of sp³-hybridized carbons (Fsp3) is 0.125. The van der Waals surface area contributed by atoms with Crippen molar-refractivity contribution in [3.8, 4) is 0 Å². The molecule has 0 bridgehead atoms. The number of carbonyl (C=O) groups is 1. The molecule has 2 aromatic heterocycles. The maximum Gasteiger partial charge on any atom is 0.246 e. The van der Waals surface area contributed by atoms with Crippen LogP contribution in [0.2, 0.25) is 10.3 Å². The van der Waals surface area contributed by atoms with Gasteiger partial charge in [0, 0.05) is 0 Å². The van der Waals surface area contributed by atoms with Crippen molar-refractivity contribution >= 4 is 34.8 Å². The lowest BCUT2D eigenvalue weighted by molar-refractivity contribution is -0.116. The molecule has 2 rings (SSSR count). The van der Waals surface area contributed by atoms with Crippen LogP contribution in [0.1, 0.15) is 0 Å². The van der Waals surface area contributed by atoms with Gasteiger partial charge in [0.25, 0.3) is 0 Å². The molecule has 0 saturated carbocycles. The summed E-state index contributed by atoms with van der Waals surface area (Å²) in [5.74, 6) is -0.353. The highest BCUT2D eigenvalue weighted by Crippen LogP contribution is 2.25. The van der Waals surface area contributed by atoms with E-state index in [-0.39, 0.29) is 28.4 Å². The summed E-state index contributed by atoms with van der Waals surface area (Å²) in [5, 5.41) is 6.45. The van der Waals surface area contributed by atoms with Crippen LogP contribution in [-0.4, -0.2) is 30.6 Å². The van der Waals surface area contributed by atoms with Gasteiger partial charge in [-0.2, -0.15) is 5.10 Å². The molecule has 0 fully saturated rings. The zero-order valence-corrected chi connectivity index (χ0v) is 9.85. The molecule has 0 atom stereocenters. The van der Waals surface area contributed by atoms with Crippen molar-refractivity contribution in [3.05, 3.63) is 29.3 Å². The van der Waals surface area contributed by atoms with Gasteiger partial charge in [0.1, 0.15) is 31.2 Å². The second-order valence-electron chi connectivity index (χ2n) is 2.97. The fourth-order valence-corrected chi connectivity index (χ4v) is 1.50. The topological polar surface area (TPSA) is 85.6 Å². The maximum absolute atomic E-state index is 11.6. The molecular weight excluding hydrogens is 267 g/mol. The summed E-state index contributed by atoms with van der Waals surface area (Å²) in [5.41, 5.74) is 0.181. The lowest BCUT2D eigenvalue weighted by Crippen LogP contribution is -2.19. The third-order valence-electron chi connectivity index (χ3n) is 1.79. The van der Waals surface area contributed by atoms with E-state index in [1.165, 1.54) is 23.7 Å². The van der Waals surface area contributed by atoms with Crippen LogP contribution in [0, 0.1) is 0 Å². The molecular formula is C8H6Cl2N6O. The van der Waals surface area contributed by atoms with Crippen molar-refractivity contribution in [1.82, 2.24) is 24.7 Å². The number of anilines is 1. The fourth-order valence-electron chi connectivity index (χ4n) is 1.09. The van der Waals surface area contributed by atoms with E-state index < -0.39 is 0 Å². The predicted molar refractivity (Wildman–Crippen MR) is 60.7 cm³/mol. The molecule has 0 aliphatic heterocycles. The normalized spacial score (nSPS) is 10.2. The summed E-state index contributed by atoms with van der Waals surface area (Å²) in [6, 6.07) is 0. The van der Waals surface area contributed by atoms with E-state index in [1.807, 2.05) is 0 Å². The minimum Gasteiger partial charge on any atom is -0.319 e. The first-order valence-electron chi connectivity index (χ1n) is 4.45. The number of hydrogen-bond acceptors (Lipinski definition) is 5. The van der Waals surface area contributed by atoms with Crippen molar-refractivity contribution in [2.45, 2.75) is 6.54 Å². The highest BCUT2D eigenvalue weighted by Gasteiger charge is 2.12. The largest absolute Gasteiger partial charge is 0.319 e. The van der Waals surface area contributed by atoms with Crippen LogP contribution in [0.25, 0.3) is 0 Å². The van der Waals surface area contributed by atoms with Gasteiger partial charge >= 0.3 is 0 Å². The van der Waals surface area contributed by atoms with Gasteiger partial charge in [-0.1, -0.05) is 23.2 Å². The smallest absolute Gasteiger partial charge is 0.246 e. The van der Waals surface area contributed by atoms with E-state index in [2.05, 4.69) is 25.4 Å². The Morgan fingerprint density at radius 1 is 1.29 bits per heavy atom.